The van der Waals surface area contributed by atoms with E-state index in [1.54, 1.807) is 0 Å². The molecule has 0 bridgehead atoms. The van der Waals surface area contributed by atoms with Crippen LogP contribution in [0, 0.1) is 11.3 Å². The van der Waals surface area contributed by atoms with Gasteiger partial charge in [-0.3, -0.25) is 0 Å². The topological polar surface area (TPSA) is 58.4 Å². The van der Waals surface area contributed by atoms with Crippen LogP contribution in [0.15, 0.2) is 0 Å². The van der Waals surface area contributed by atoms with Crippen LogP contribution in [-0.4, -0.2) is 37.1 Å². The van der Waals surface area contributed by atoms with Gasteiger partial charge < -0.3 is 16.0 Å². The Hall–Kier alpha value is -0.770. The number of carbonyl (C=O) groups is 1. The highest BCUT2D eigenvalue weighted by Crippen LogP contribution is 2.24. The Morgan fingerprint density at radius 3 is 2.61 bits per heavy atom. The molecule has 0 saturated carbocycles. The third-order valence-electron chi connectivity index (χ3n) is 4.49. The number of hydrogen-bond acceptors (Lipinski definition) is 2. The summed E-state index contributed by atoms with van der Waals surface area (Å²) in [4.78, 5) is 14.1. The lowest BCUT2D eigenvalue weighted by Gasteiger charge is -2.34. The molecular formula is C14H29N3O. The van der Waals surface area contributed by atoms with Gasteiger partial charge in [-0.05, 0) is 43.6 Å². The number of carbonyl (C=O) groups excluding carboxylic acids is 1. The van der Waals surface area contributed by atoms with Gasteiger partial charge in [0.25, 0.3) is 0 Å². The van der Waals surface area contributed by atoms with Gasteiger partial charge in [-0.25, -0.2) is 4.79 Å². The van der Waals surface area contributed by atoms with Crippen molar-refractivity contribution in [1.29, 1.82) is 0 Å². The molecule has 1 saturated heterocycles. The van der Waals surface area contributed by atoms with Crippen molar-refractivity contribution in [3.8, 4) is 0 Å². The number of nitrogens with one attached hydrogen (secondary N) is 1. The van der Waals surface area contributed by atoms with Gasteiger partial charge in [-0.2, -0.15) is 0 Å². The summed E-state index contributed by atoms with van der Waals surface area (Å²) < 4.78 is 0. The molecule has 0 aromatic rings. The zero-order valence-corrected chi connectivity index (χ0v) is 12.2. The van der Waals surface area contributed by atoms with Crippen LogP contribution in [-0.2, 0) is 0 Å². The van der Waals surface area contributed by atoms with Crippen LogP contribution in [0.5, 0.6) is 0 Å². The zero-order chi connectivity index (χ0) is 13.6. The quantitative estimate of drug-likeness (QED) is 0.791. The van der Waals surface area contributed by atoms with Crippen LogP contribution in [0.3, 0.4) is 0 Å². The second-order valence-electron chi connectivity index (χ2n) is 5.76. The standard InChI is InChI=1S/C14H29N3O/c1-4-14(5-2,10-15)11-16-13(18)17-8-6-7-12(3)9-17/h12H,4-11,15H2,1-3H3,(H,16,18). The summed E-state index contributed by atoms with van der Waals surface area (Å²) in [5, 5.41) is 3.07. The first-order valence-electron chi connectivity index (χ1n) is 7.29. The van der Waals surface area contributed by atoms with Gasteiger partial charge >= 0.3 is 6.03 Å². The van der Waals surface area contributed by atoms with Crippen molar-refractivity contribution in [2.45, 2.75) is 46.5 Å². The number of nitrogens with zero attached hydrogens (tertiary/aromatic N) is 1. The van der Waals surface area contributed by atoms with E-state index in [1.165, 1.54) is 6.42 Å². The Kier molecular flexibility index (Phi) is 5.93. The smallest absolute Gasteiger partial charge is 0.317 e. The first kappa shape index (κ1) is 15.3. The average Bonchev–Trinajstić information content (AvgIpc) is 2.40. The fourth-order valence-corrected chi connectivity index (χ4v) is 2.61. The van der Waals surface area contributed by atoms with Crippen LogP contribution in [0.4, 0.5) is 4.79 Å². The number of piperidine rings is 1. The molecule has 0 spiro atoms. The normalized spacial score (nSPS) is 20.9. The van der Waals surface area contributed by atoms with Gasteiger partial charge in [0.2, 0.25) is 0 Å². The van der Waals surface area contributed by atoms with Crippen LogP contribution >= 0.6 is 0 Å². The van der Waals surface area contributed by atoms with Crippen LogP contribution in [0.2, 0.25) is 0 Å². The average molecular weight is 255 g/mol. The summed E-state index contributed by atoms with van der Waals surface area (Å²) >= 11 is 0. The Balaban J connectivity index is 2.44. The number of nitrogens with two attached hydrogens (primary N) is 1. The minimum absolute atomic E-state index is 0.0665. The summed E-state index contributed by atoms with van der Waals surface area (Å²) in [7, 11) is 0. The summed E-state index contributed by atoms with van der Waals surface area (Å²) in [5.41, 5.74) is 5.92. The van der Waals surface area contributed by atoms with Gasteiger partial charge in [-0.15, -0.1) is 0 Å². The van der Waals surface area contributed by atoms with E-state index in [-0.39, 0.29) is 11.4 Å². The van der Waals surface area contributed by atoms with E-state index in [2.05, 4.69) is 26.1 Å². The third-order valence-corrected chi connectivity index (χ3v) is 4.49. The molecule has 1 heterocycles. The SMILES string of the molecule is CCC(CC)(CN)CNC(=O)N1CCCC(C)C1. The summed E-state index contributed by atoms with van der Waals surface area (Å²) in [6.45, 7) is 9.61. The number of likely N-dealkylation sites (tertiary alicyclic amines) is 1. The monoisotopic (exact) mass is 255 g/mol. The number of rotatable bonds is 5. The highest BCUT2D eigenvalue weighted by molar-refractivity contribution is 5.74. The third kappa shape index (κ3) is 3.87. The van der Waals surface area contributed by atoms with Crippen molar-refractivity contribution in [2.24, 2.45) is 17.1 Å². The number of hydrogen-bond donors (Lipinski definition) is 2. The minimum atomic E-state index is 0.0665. The summed E-state index contributed by atoms with van der Waals surface area (Å²) in [6, 6.07) is 0.0845. The number of urea groups is 1. The molecule has 4 heteroatoms. The summed E-state index contributed by atoms with van der Waals surface area (Å²) in [5.74, 6) is 0.626. The fraction of sp³-hybridized carbons (Fsp3) is 0.929. The van der Waals surface area contributed by atoms with Crippen molar-refractivity contribution < 1.29 is 4.79 Å². The second-order valence-corrected chi connectivity index (χ2v) is 5.76. The Morgan fingerprint density at radius 2 is 2.11 bits per heavy atom. The first-order chi connectivity index (χ1) is 8.56. The van der Waals surface area contributed by atoms with E-state index in [9.17, 15) is 4.79 Å². The molecule has 2 amide bonds. The molecule has 18 heavy (non-hydrogen) atoms. The van der Waals surface area contributed by atoms with Gasteiger partial charge in [0.1, 0.15) is 0 Å². The minimum Gasteiger partial charge on any atom is -0.337 e. The molecule has 0 aliphatic carbocycles. The maximum Gasteiger partial charge on any atom is 0.317 e. The molecule has 1 fully saturated rings. The van der Waals surface area contributed by atoms with Gasteiger partial charge in [-0.1, -0.05) is 20.8 Å². The largest absolute Gasteiger partial charge is 0.337 e. The van der Waals surface area contributed by atoms with E-state index in [0.29, 0.717) is 19.0 Å². The van der Waals surface area contributed by atoms with E-state index in [0.717, 1.165) is 32.4 Å². The van der Waals surface area contributed by atoms with Crippen LogP contribution in [0.25, 0.3) is 0 Å². The zero-order valence-electron chi connectivity index (χ0n) is 12.2. The van der Waals surface area contributed by atoms with Crippen LogP contribution < -0.4 is 11.1 Å². The van der Waals surface area contributed by atoms with E-state index in [1.807, 2.05) is 4.90 Å². The summed E-state index contributed by atoms with van der Waals surface area (Å²) in [6.07, 6.45) is 4.38. The first-order valence-corrected chi connectivity index (χ1v) is 7.29. The lowest BCUT2D eigenvalue weighted by molar-refractivity contribution is 0.161. The van der Waals surface area contributed by atoms with Crippen molar-refractivity contribution in [3.05, 3.63) is 0 Å². The maximum atomic E-state index is 12.1. The molecule has 0 aromatic heterocycles. The predicted octanol–water partition coefficient (Wildman–Crippen LogP) is 2.19. The molecule has 4 nitrogen and oxygen atoms in total. The Morgan fingerprint density at radius 1 is 1.44 bits per heavy atom. The molecule has 106 valence electrons. The maximum absolute atomic E-state index is 12.1. The van der Waals surface area contributed by atoms with Gasteiger partial charge in [0.05, 0.1) is 0 Å². The highest BCUT2D eigenvalue weighted by Gasteiger charge is 2.27. The van der Waals surface area contributed by atoms with Crippen molar-refractivity contribution in [2.75, 3.05) is 26.2 Å². The van der Waals surface area contributed by atoms with E-state index >= 15 is 0 Å². The van der Waals surface area contributed by atoms with Crippen molar-refractivity contribution in [1.82, 2.24) is 10.2 Å². The highest BCUT2D eigenvalue weighted by atomic mass is 16.2. The molecule has 0 radical (unpaired) electrons. The molecule has 1 aliphatic rings. The van der Waals surface area contributed by atoms with Crippen LogP contribution in [0.1, 0.15) is 46.5 Å². The van der Waals surface area contributed by atoms with E-state index < -0.39 is 0 Å². The Bertz CT molecular complexity index is 256. The molecule has 0 aromatic carbocycles. The van der Waals surface area contributed by atoms with Crippen molar-refractivity contribution >= 4 is 6.03 Å². The molecule has 1 atom stereocenters. The lowest BCUT2D eigenvalue weighted by Crippen LogP contribution is -2.49. The predicted molar refractivity (Wildman–Crippen MR) is 75.4 cm³/mol. The Labute approximate surface area is 111 Å². The molecule has 1 rings (SSSR count). The van der Waals surface area contributed by atoms with E-state index in [4.69, 9.17) is 5.73 Å². The lowest BCUT2D eigenvalue weighted by atomic mass is 9.82. The second kappa shape index (κ2) is 6.98. The molecule has 3 N–H and O–H groups in total. The molecule has 1 unspecified atom stereocenters. The van der Waals surface area contributed by atoms with Gasteiger partial charge in [0.15, 0.2) is 0 Å². The fourth-order valence-electron chi connectivity index (χ4n) is 2.61. The molecule has 1 aliphatic heterocycles. The number of amides is 2. The van der Waals surface area contributed by atoms with Gasteiger partial charge in [0, 0.05) is 19.6 Å². The van der Waals surface area contributed by atoms with Crippen molar-refractivity contribution in [3.63, 3.8) is 0 Å². The molecular weight excluding hydrogens is 226 g/mol.